The van der Waals surface area contributed by atoms with Gasteiger partial charge in [0.2, 0.25) is 0 Å². The maximum atomic E-state index is 13.3. The lowest BCUT2D eigenvalue weighted by Gasteiger charge is -2.10. The van der Waals surface area contributed by atoms with Crippen LogP contribution in [0.15, 0.2) is 30.9 Å². The lowest BCUT2D eigenvalue weighted by molar-refractivity contribution is -0.137. The number of hydrogen-bond donors (Lipinski definition) is 2. The third-order valence-corrected chi connectivity index (χ3v) is 2.97. The summed E-state index contributed by atoms with van der Waals surface area (Å²) in [5.74, 6) is -0.568. The van der Waals surface area contributed by atoms with Gasteiger partial charge in [-0.05, 0) is 23.8 Å². The summed E-state index contributed by atoms with van der Waals surface area (Å²) in [6.45, 7) is -0.0219. The summed E-state index contributed by atoms with van der Waals surface area (Å²) in [6.07, 6.45) is -1.89. The Morgan fingerprint density at radius 2 is 1.91 bits per heavy atom. The number of halogens is 4. The van der Waals surface area contributed by atoms with Gasteiger partial charge in [0.25, 0.3) is 0 Å². The molecule has 0 aliphatic heterocycles. The fraction of sp³-hybridized carbons (Fsp3) is 0.154. The van der Waals surface area contributed by atoms with Crippen molar-refractivity contribution < 1.29 is 17.6 Å². The molecule has 114 valence electrons. The number of H-pyrrole nitrogens is 1. The molecule has 9 heteroatoms. The number of rotatable bonds is 3. The van der Waals surface area contributed by atoms with Crippen molar-refractivity contribution in [3.05, 3.63) is 47.8 Å². The normalized spacial score (nSPS) is 11.8. The Hall–Kier alpha value is -2.71. The average molecular weight is 311 g/mol. The smallest absolute Gasteiger partial charge is 0.364 e. The van der Waals surface area contributed by atoms with Crippen molar-refractivity contribution in [2.24, 2.45) is 0 Å². The molecule has 0 saturated heterocycles. The van der Waals surface area contributed by atoms with Gasteiger partial charge in [-0.3, -0.25) is 0 Å². The molecule has 3 aromatic rings. The van der Waals surface area contributed by atoms with E-state index in [-0.39, 0.29) is 12.1 Å². The minimum atomic E-state index is -4.59. The van der Waals surface area contributed by atoms with Gasteiger partial charge in [-0.1, -0.05) is 0 Å². The minimum Gasteiger partial charge on any atom is -0.364 e. The van der Waals surface area contributed by atoms with Crippen molar-refractivity contribution in [2.45, 2.75) is 12.7 Å². The first kappa shape index (κ1) is 14.2. The summed E-state index contributed by atoms with van der Waals surface area (Å²) in [6, 6.07) is 2.39. The van der Waals surface area contributed by atoms with Crippen LogP contribution in [-0.4, -0.2) is 19.9 Å². The molecule has 0 saturated carbocycles. The monoisotopic (exact) mass is 311 g/mol. The van der Waals surface area contributed by atoms with E-state index < -0.39 is 17.6 Å². The predicted octanol–water partition coefficient (Wildman–Crippen LogP) is 3.12. The third kappa shape index (κ3) is 2.83. The van der Waals surface area contributed by atoms with E-state index in [4.69, 9.17) is 0 Å². The standard InChI is InChI=1S/C13H9F4N5/c14-9-2-7(1-8(3-9)13(15,16)17)4-18-11-10-12(20-5-19-10)22-6-21-11/h1-3,5-6H,4H2,(H2,18,19,20,21,22). The lowest BCUT2D eigenvalue weighted by atomic mass is 10.1. The fourth-order valence-corrected chi connectivity index (χ4v) is 2.00. The molecule has 5 nitrogen and oxygen atoms in total. The lowest BCUT2D eigenvalue weighted by Crippen LogP contribution is -2.08. The van der Waals surface area contributed by atoms with Crippen LogP contribution in [0, 0.1) is 5.82 Å². The number of nitrogens with zero attached hydrogens (tertiary/aromatic N) is 3. The van der Waals surface area contributed by atoms with Crippen LogP contribution in [0.4, 0.5) is 23.4 Å². The fourth-order valence-electron chi connectivity index (χ4n) is 2.00. The highest BCUT2D eigenvalue weighted by Gasteiger charge is 2.31. The van der Waals surface area contributed by atoms with Crippen LogP contribution in [0.1, 0.15) is 11.1 Å². The van der Waals surface area contributed by atoms with Crippen LogP contribution in [0.25, 0.3) is 11.2 Å². The zero-order valence-corrected chi connectivity index (χ0v) is 10.9. The highest BCUT2D eigenvalue weighted by Crippen LogP contribution is 2.30. The molecule has 0 bridgehead atoms. The second-order valence-corrected chi connectivity index (χ2v) is 4.52. The van der Waals surface area contributed by atoms with Crippen molar-refractivity contribution >= 4 is 17.0 Å². The number of anilines is 1. The molecule has 0 spiro atoms. The molecule has 0 atom stereocenters. The van der Waals surface area contributed by atoms with Gasteiger partial charge >= 0.3 is 6.18 Å². The number of nitrogens with one attached hydrogen (secondary N) is 2. The quantitative estimate of drug-likeness (QED) is 0.729. The molecular weight excluding hydrogens is 302 g/mol. The maximum absolute atomic E-state index is 13.3. The van der Waals surface area contributed by atoms with E-state index >= 15 is 0 Å². The first-order valence-electron chi connectivity index (χ1n) is 6.18. The molecule has 0 fully saturated rings. The molecule has 0 amide bonds. The molecular formula is C13H9F4N5. The molecule has 22 heavy (non-hydrogen) atoms. The Morgan fingerprint density at radius 1 is 1.09 bits per heavy atom. The van der Waals surface area contributed by atoms with Gasteiger partial charge in [-0.15, -0.1) is 0 Å². The number of alkyl halides is 3. The molecule has 0 radical (unpaired) electrons. The topological polar surface area (TPSA) is 66.5 Å². The Labute approximate surface area is 121 Å². The first-order chi connectivity index (χ1) is 10.4. The largest absolute Gasteiger partial charge is 0.416 e. The number of hydrogen-bond acceptors (Lipinski definition) is 4. The first-order valence-corrected chi connectivity index (χ1v) is 6.18. The van der Waals surface area contributed by atoms with Gasteiger partial charge < -0.3 is 10.3 Å². The summed E-state index contributed by atoms with van der Waals surface area (Å²) in [7, 11) is 0. The van der Waals surface area contributed by atoms with E-state index in [1.165, 1.54) is 12.7 Å². The minimum absolute atomic E-state index is 0.0219. The summed E-state index contributed by atoms with van der Waals surface area (Å²) in [5, 5.41) is 2.84. The molecule has 0 unspecified atom stereocenters. The Bertz CT molecular complexity index is 812. The number of imidazole rings is 1. The van der Waals surface area contributed by atoms with Crippen LogP contribution in [0.3, 0.4) is 0 Å². The van der Waals surface area contributed by atoms with Crippen LogP contribution >= 0.6 is 0 Å². The van der Waals surface area contributed by atoms with Gasteiger partial charge in [0.05, 0.1) is 11.9 Å². The molecule has 2 aromatic heterocycles. The third-order valence-electron chi connectivity index (χ3n) is 2.97. The number of fused-ring (bicyclic) bond motifs is 1. The Morgan fingerprint density at radius 3 is 2.68 bits per heavy atom. The molecule has 3 rings (SSSR count). The van der Waals surface area contributed by atoms with E-state index in [0.717, 1.165) is 12.1 Å². The zero-order valence-electron chi connectivity index (χ0n) is 10.9. The summed E-state index contributed by atoms with van der Waals surface area (Å²) in [4.78, 5) is 14.7. The zero-order chi connectivity index (χ0) is 15.7. The van der Waals surface area contributed by atoms with Crippen molar-refractivity contribution in [2.75, 3.05) is 5.32 Å². The second-order valence-electron chi connectivity index (χ2n) is 4.52. The molecule has 0 aliphatic rings. The van der Waals surface area contributed by atoms with Crippen molar-refractivity contribution in [1.29, 1.82) is 0 Å². The predicted molar refractivity (Wildman–Crippen MR) is 70.4 cm³/mol. The van der Waals surface area contributed by atoms with Gasteiger partial charge in [0.1, 0.15) is 17.7 Å². The van der Waals surface area contributed by atoms with Crippen LogP contribution in [-0.2, 0) is 12.7 Å². The second kappa shape index (κ2) is 5.24. The van der Waals surface area contributed by atoms with Gasteiger partial charge in [0, 0.05) is 6.54 Å². The van der Waals surface area contributed by atoms with Crippen molar-refractivity contribution in [1.82, 2.24) is 19.9 Å². The van der Waals surface area contributed by atoms with Gasteiger partial charge in [0.15, 0.2) is 11.5 Å². The van der Waals surface area contributed by atoms with Crippen LogP contribution in [0.5, 0.6) is 0 Å². The highest BCUT2D eigenvalue weighted by molar-refractivity contribution is 5.81. The number of aromatic amines is 1. The number of aromatic nitrogens is 4. The van der Waals surface area contributed by atoms with Crippen molar-refractivity contribution in [3.8, 4) is 0 Å². The summed E-state index contributed by atoms with van der Waals surface area (Å²) >= 11 is 0. The van der Waals surface area contributed by atoms with E-state index in [1.54, 1.807) is 0 Å². The van der Waals surface area contributed by atoms with Gasteiger partial charge in [-0.25, -0.2) is 19.3 Å². The average Bonchev–Trinajstić information content (AvgIpc) is 2.92. The van der Waals surface area contributed by atoms with E-state index in [0.29, 0.717) is 23.0 Å². The number of benzene rings is 1. The van der Waals surface area contributed by atoms with E-state index in [1.807, 2.05) is 0 Å². The SMILES string of the molecule is Fc1cc(CNc2ncnc3nc[nH]c23)cc(C(F)(F)F)c1. The van der Waals surface area contributed by atoms with Crippen molar-refractivity contribution in [3.63, 3.8) is 0 Å². The van der Waals surface area contributed by atoms with Gasteiger partial charge in [-0.2, -0.15) is 13.2 Å². The summed E-state index contributed by atoms with van der Waals surface area (Å²) in [5.41, 5.74) is 0.0694. The Balaban J connectivity index is 1.85. The maximum Gasteiger partial charge on any atom is 0.416 e. The van der Waals surface area contributed by atoms with E-state index in [2.05, 4.69) is 25.3 Å². The highest BCUT2D eigenvalue weighted by atomic mass is 19.4. The molecule has 0 aliphatic carbocycles. The van der Waals surface area contributed by atoms with Crippen LogP contribution in [0.2, 0.25) is 0 Å². The molecule has 2 heterocycles. The summed E-state index contributed by atoms with van der Waals surface area (Å²) < 4.78 is 51.3. The molecule has 1 aromatic carbocycles. The Kier molecular flexibility index (Phi) is 3.39. The molecule has 2 N–H and O–H groups in total. The van der Waals surface area contributed by atoms with E-state index in [9.17, 15) is 17.6 Å². The van der Waals surface area contributed by atoms with Crippen LogP contribution < -0.4 is 5.32 Å².